The molecule has 1 aromatic heterocycles. The number of nitrogens with one attached hydrogen (secondary N) is 1. The molecule has 6 heteroatoms. The van der Waals surface area contributed by atoms with Gasteiger partial charge in [-0.1, -0.05) is 17.3 Å². The maximum absolute atomic E-state index is 5.76. The fraction of sp³-hybridized carbons (Fsp3) is 0.385. The van der Waals surface area contributed by atoms with Crippen molar-refractivity contribution in [3.63, 3.8) is 0 Å². The quantitative estimate of drug-likeness (QED) is 0.855. The first kappa shape index (κ1) is 13.4. The van der Waals surface area contributed by atoms with Crippen molar-refractivity contribution in [3.8, 4) is 11.5 Å². The number of methoxy groups -OCH3 is 1. The van der Waals surface area contributed by atoms with E-state index in [9.17, 15) is 0 Å². The highest BCUT2D eigenvalue weighted by Gasteiger charge is 2.12. The van der Waals surface area contributed by atoms with Gasteiger partial charge in [-0.3, -0.25) is 0 Å². The van der Waals surface area contributed by atoms with Gasteiger partial charge in [0.2, 0.25) is 11.7 Å². The number of rotatable bonds is 6. The summed E-state index contributed by atoms with van der Waals surface area (Å²) in [6.45, 7) is 2.68. The number of aromatic nitrogens is 2. The molecule has 0 unspecified atom stereocenters. The van der Waals surface area contributed by atoms with E-state index in [1.165, 1.54) is 0 Å². The predicted octanol–water partition coefficient (Wildman–Crippen LogP) is 1.69. The van der Waals surface area contributed by atoms with Crippen LogP contribution in [0.1, 0.15) is 17.3 Å². The van der Waals surface area contributed by atoms with Crippen LogP contribution in [0, 0.1) is 6.92 Å². The van der Waals surface area contributed by atoms with Gasteiger partial charge in [-0.05, 0) is 13.1 Å². The third-order valence-electron chi connectivity index (χ3n) is 2.56. The first-order chi connectivity index (χ1) is 9.24. The average Bonchev–Trinajstić information content (AvgIpc) is 2.83. The molecule has 0 atom stereocenters. The lowest BCUT2D eigenvalue weighted by molar-refractivity contribution is 0.266. The van der Waals surface area contributed by atoms with E-state index >= 15 is 0 Å². The van der Waals surface area contributed by atoms with Crippen LogP contribution >= 0.6 is 0 Å². The highest BCUT2D eigenvalue weighted by molar-refractivity contribution is 5.46. The fourth-order valence-corrected chi connectivity index (χ4v) is 1.75. The first-order valence-electron chi connectivity index (χ1n) is 5.97. The maximum Gasteiger partial charge on any atom is 0.223 e. The molecule has 102 valence electrons. The van der Waals surface area contributed by atoms with Gasteiger partial charge in [0.1, 0.15) is 0 Å². The normalized spacial score (nSPS) is 10.5. The second-order valence-electron chi connectivity index (χ2n) is 4.00. The first-order valence-corrected chi connectivity index (χ1v) is 5.97. The van der Waals surface area contributed by atoms with Gasteiger partial charge in [0, 0.05) is 19.0 Å². The summed E-state index contributed by atoms with van der Waals surface area (Å²) < 4.78 is 16.0. The Kier molecular flexibility index (Phi) is 4.35. The molecule has 2 rings (SSSR count). The fourth-order valence-electron chi connectivity index (χ4n) is 1.75. The van der Waals surface area contributed by atoms with Gasteiger partial charge >= 0.3 is 0 Å². The Morgan fingerprint density at radius 2 is 2.21 bits per heavy atom. The second kappa shape index (κ2) is 6.19. The zero-order chi connectivity index (χ0) is 13.7. The highest BCUT2D eigenvalue weighted by Crippen LogP contribution is 2.31. The minimum atomic E-state index is 0.244. The van der Waals surface area contributed by atoms with Crippen LogP contribution < -0.4 is 14.8 Å². The van der Waals surface area contributed by atoms with Gasteiger partial charge in [0.05, 0.1) is 7.11 Å². The topological polar surface area (TPSA) is 69.4 Å². The van der Waals surface area contributed by atoms with E-state index in [1.54, 1.807) is 14.0 Å². The van der Waals surface area contributed by atoms with Crippen molar-refractivity contribution in [2.45, 2.75) is 20.1 Å². The highest BCUT2D eigenvalue weighted by atomic mass is 16.5. The van der Waals surface area contributed by atoms with Crippen LogP contribution in [0.5, 0.6) is 11.5 Å². The molecule has 1 N–H and O–H groups in total. The van der Waals surface area contributed by atoms with E-state index in [-0.39, 0.29) is 6.61 Å². The van der Waals surface area contributed by atoms with Crippen LogP contribution in [0.3, 0.4) is 0 Å². The third-order valence-corrected chi connectivity index (χ3v) is 2.56. The lowest BCUT2D eigenvalue weighted by atomic mass is 10.2. The Morgan fingerprint density at radius 3 is 2.84 bits per heavy atom. The SMILES string of the molecule is CNCc1cccc(OC)c1OCc1noc(C)n1. The number of para-hydroxylation sites is 1. The zero-order valence-electron chi connectivity index (χ0n) is 11.3. The van der Waals surface area contributed by atoms with Gasteiger partial charge < -0.3 is 19.3 Å². The lowest BCUT2D eigenvalue weighted by Crippen LogP contribution is -2.09. The molecule has 1 heterocycles. The molecule has 0 radical (unpaired) electrons. The van der Waals surface area contributed by atoms with Crippen molar-refractivity contribution in [2.24, 2.45) is 0 Å². The number of nitrogens with zero attached hydrogens (tertiary/aromatic N) is 2. The molecule has 0 saturated carbocycles. The van der Waals surface area contributed by atoms with E-state index < -0.39 is 0 Å². The number of benzene rings is 1. The summed E-state index contributed by atoms with van der Waals surface area (Å²) in [6.07, 6.45) is 0. The van der Waals surface area contributed by atoms with Crippen LogP contribution in [0.4, 0.5) is 0 Å². The van der Waals surface area contributed by atoms with Crippen LogP contribution in [0.15, 0.2) is 22.7 Å². The molecule has 0 aliphatic heterocycles. The summed E-state index contributed by atoms with van der Waals surface area (Å²) in [7, 11) is 3.50. The van der Waals surface area contributed by atoms with Crippen molar-refractivity contribution >= 4 is 0 Å². The summed E-state index contributed by atoms with van der Waals surface area (Å²) in [5.74, 6) is 2.42. The van der Waals surface area contributed by atoms with Crippen molar-refractivity contribution < 1.29 is 14.0 Å². The molecule has 0 amide bonds. The summed E-state index contributed by atoms with van der Waals surface area (Å²) >= 11 is 0. The maximum atomic E-state index is 5.76. The second-order valence-corrected chi connectivity index (χ2v) is 4.00. The molecule has 0 fully saturated rings. The number of hydrogen-bond acceptors (Lipinski definition) is 6. The van der Waals surface area contributed by atoms with Crippen molar-refractivity contribution in [1.29, 1.82) is 0 Å². The van der Waals surface area contributed by atoms with Crippen molar-refractivity contribution in [3.05, 3.63) is 35.5 Å². The van der Waals surface area contributed by atoms with Crippen LogP contribution in [-0.2, 0) is 13.2 Å². The van der Waals surface area contributed by atoms with Crippen LogP contribution in [0.25, 0.3) is 0 Å². The molecule has 0 spiro atoms. The molecule has 0 aliphatic carbocycles. The molecule has 0 bridgehead atoms. The number of hydrogen-bond donors (Lipinski definition) is 1. The van der Waals surface area contributed by atoms with Crippen molar-refractivity contribution in [2.75, 3.05) is 14.2 Å². The van der Waals surface area contributed by atoms with E-state index in [2.05, 4.69) is 15.5 Å². The van der Waals surface area contributed by atoms with Gasteiger partial charge in [-0.2, -0.15) is 4.98 Å². The minimum Gasteiger partial charge on any atom is -0.493 e. The average molecular weight is 263 g/mol. The summed E-state index contributed by atoms with van der Waals surface area (Å²) in [5, 5.41) is 6.89. The molecule has 6 nitrogen and oxygen atoms in total. The molecule has 1 aromatic carbocycles. The summed E-state index contributed by atoms with van der Waals surface area (Å²) in [6, 6.07) is 5.77. The molecular weight excluding hydrogens is 246 g/mol. The Hall–Kier alpha value is -2.08. The van der Waals surface area contributed by atoms with Gasteiger partial charge in [-0.15, -0.1) is 0 Å². The van der Waals surface area contributed by atoms with E-state index in [0.717, 1.165) is 5.56 Å². The van der Waals surface area contributed by atoms with Crippen LogP contribution in [0.2, 0.25) is 0 Å². The Bertz CT molecular complexity index is 540. The van der Waals surface area contributed by atoms with E-state index in [1.807, 2.05) is 25.2 Å². The Balaban J connectivity index is 2.17. The van der Waals surface area contributed by atoms with E-state index in [0.29, 0.717) is 29.8 Å². The minimum absolute atomic E-state index is 0.244. The smallest absolute Gasteiger partial charge is 0.223 e. The molecular formula is C13H17N3O3. The van der Waals surface area contributed by atoms with E-state index in [4.69, 9.17) is 14.0 Å². The monoisotopic (exact) mass is 263 g/mol. The largest absolute Gasteiger partial charge is 0.493 e. The molecule has 2 aromatic rings. The third kappa shape index (κ3) is 3.23. The Morgan fingerprint density at radius 1 is 1.37 bits per heavy atom. The zero-order valence-corrected chi connectivity index (χ0v) is 11.3. The number of aryl methyl sites for hydroxylation is 1. The summed E-state index contributed by atoms with van der Waals surface area (Å²) in [5.41, 5.74) is 1.02. The standard InChI is InChI=1S/C13H17N3O3/c1-9-15-12(16-19-9)8-18-13-10(7-14-2)5-4-6-11(13)17-3/h4-6,14H,7-8H2,1-3H3. The molecule has 19 heavy (non-hydrogen) atoms. The van der Waals surface area contributed by atoms with Crippen molar-refractivity contribution in [1.82, 2.24) is 15.5 Å². The predicted molar refractivity (Wildman–Crippen MR) is 69.1 cm³/mol. The number of ether oxygens (including phenoxy) is 2. The summed E-state index contributed by atoms with van der Waals surface area (Å²) in [4.78, 5) is 4.10. The van der Waals surface area contributed by atoms with Gasteiger partial charge in [-0.25, -0.2) is 0 Å². The van der Waals surface area contributed by atoms with Gasteiger partial charge in [0.15, 0.2) is 18.1 Å². The lowest BCUT2D eigenvalue weighted by Gasteiger charge is -2.13. The molecule has 0 saturated heterocycles. The Labute approximate surface area is 111 Å². The van der Waals surface area contributed by atoms with Crippen LogP contribution in [-0.4, -0.2) is 24.3 Å². The van der Waals surface area contributed by atoms with Gasteiger partial charge in [0.25, 0.3) is 0 Å². The molecule has 0 aliphatic rings.